The van der Waals surface area contributed by atoms with E-state index < -0.39 is 5.92 Å². The summed E-state index contributed by atoms with van der Waals surface area (Å²) in [5.74, 6) is 0.685. The number of rotatable bonds is 4. The Balaban J connectivity index is 2.57. The van der Waals surface area contributed by atoms with E-state index in [0.29, 0.717) is 22.3 Å². The zero-order chi connectivity index (χ0) is 17.1. The third-order valence-electron chi connectivity index (χ3n) is 3.82. The minimum atomic E-state index is -0.460. The summed E-state index contributed by atoms with van der Waals surface area (Å²) in [7, 11) is 6.60. The predicted octanol–water partition coefficient (Wildman–Crippen LogP) is 1.80. The summed E-state index contributed by atoms with van der Waals surface area (Å²) in [6.07, 6.45) is 0. The van der Waals surface area contributed by atoms with Gasteiger partial charge in [0.25, 0.3) is 0 Å². The number of carbonyl (C=O) groups excluding carboxylic acids is 1. The van der Waals surface area contributed by atoms with Crippen molar-refractivity contribution in [1.29, 1.82) is 0 Å². The molecule has 0 aromatic heterocycles. The van der Waals surface area contributed by atoms with Crippen LogP contribution in [0.1, 0.15) is 18.5 Å². The summed E-state index contributed by atoms with van der Waals surface area (Å²) in [6.45, 7) is 1.82. The minimum absolute atomic E-state index is 0.0453. The molecule has 7 heteroatoms. The fourth-order valence-electron chi connectivity index (χ4n) is 2.73. The van der Waals surface area contributed by atoms with Gasteiger partial charge in [0.1, 0.15) is 5.92 Å². The lowest BCUT2D eigenvalue weighted by molar-refractivity contribution is -0.131. The highest BCUT2D eigenvalue weighted by Crippen LogP contribution is 2.39. The molecule has 124 valence electrons. The van der Waals surface area contributed by atoms with Gasteiger partial charge in [-0.3, -0.25) is 4.79 Å². The zero-order valence-corrected chi connectivity index (χ0v) is 14.7. The molecule has 0 aliphatic carbocycles. The van der Waals surface area contributed by atoms with Crippen LogP contribution < -0.4 is 14.8 Å². The number of nitrogens with zero attached hydrogens (tertiary/aromatic N) is 2. The van der Waals surface area contributed by atoms with E-state index in [1.165, 1.54) is 0 Å². The molecule has 0 radical (unpaired) electrons. The number of methoxy groups -OCH3 is 2. The first-order chi connectivity index (χ1) is 10.9. The lowest BCUT2D eigenvalue weighted by atomic mass is 9.86. The summed E-state index contributed by atoms with van der Waals surface area (Å²) in [6, 6.07) is 5.21. The average molecular weight is 335 g/mol. The fraction of sp³-hybridized carbons (Fsp3) is 0.438. The van der Waals surface area contributed by atoms with Gasteiger partial charge in [0.05, 0.1) is 20.3 Å². The summed E-state index contributed by atoms with van der Waals surface area (Å²) in [4.78, 5) is 18.5. The van der Waals surface area contributed by atoms with E-state index in [0.717, 1.165) is 5.56 Å². The maximum atomic E-state index is 12.6. The van der Waals surface area contributed by atoms with Crippen molar-refractivity contribution in [2.45, 2.75) is 13.0 Å². The quantitative estimate of drug-likeness (QED) is 0.850. The second-order valence-corrected chi connectivity index (χ2v) is 5.86. The lowest BCUT2D eigenvalue weighted by Gasteiger charge is -2.34. The molecule has 23 heavy (non-hydrogen) atoms. The Bertz CT molecular complexity index is 658. The summed E-state index contributed by atoms with van der Waals surface area (Å²) in [5, 5.41) is 3.50. The van der Waals surface area contributed by atoms with E-state index in [9.17, 15) is 4.79 Å². The largest absolute Gasteiger partial charge is 0.493 e. The molecule has 1 aromatic carbocycles. The number of ether oxygens (including phenoxy) is 2. The first-order valence-electron chi connectivity index (χ1n) is 7.18. The standard InChI is InChI=1S/C16H21N3O3S/c1-9-12(15(20)19(2)3)13(18-16(23)17-9)10-7-6-8-11(21-4)14(10)22-5/h6-8,12-13H,1-5H3,(H,18,23). The molecule has 1 N–H and O–H groups in total. The van der Waals surface area contributed by atoms with Crippen LogP contribution in [0.25, 0.3) is 0 Å². The van der Waals surface area contributed by atoms with Gasteiger partial charge in [-0.2, -0.15) is 0 Å². The first kappa shape index (κ1) is 17.2. The SMILES string of the molecule is COc1cccc(C2NC(=S)N=C(C)C2C(=O)N(C)C)c1OC. The van der Waals surface area contributed by atoms with E-state index in [-0.39, 0.29) is 11.9 Å². The van der Waals surface area contributed by atoms with Gasteiger partial charge in [0.15, 0.2) is 16.6 Å². The van der Waals surface area contributed by atoms with Crippen LogP contribution in [0.2, 0.25) is 0 Å². The lowest BCUT2D eigenvalue weighted by Crippen LogP contribution is -2.47. The van der Waals surface area contributed by atoms with Crippen LogP contribution in [0.15, 0.2) is 23.2 Å². The van der Waals surface area contributed by atoms with Crippen molar-refractivity contribution in [3.63, 3.8) is 0 Å². The Morgan fingerprint density at radius 3 is 2.57 bits per heavy atom. The number of aliphatic imine (C=N–C) groups is 1. The van der Waals surface area contributed by atoms with E-state index in [1.807, 2.05) is 25.1 Å². The Labute approximate surface area is 141 Å². The highest BCUT2D eigenvalue weighted by Gasteiger charge is 2.38. The van der Waals surface area contributed by atoms with Crippen LogP contribution >= 0.6 is 12.2 Å². The van der Waals surface area contributed by atoms with Gasteiger partial charge in [-0.25, -0.2) is 4.99 Å². The van der Waals surface area contributed by atoms with Crippen LogP contribution in [0, 0.1) is 5.92 Å². The van der Waals surface area contributed by atoms with Gasteiger partial charge in [-0.05, 0) is 25.2 Å². The molecule has 0 bridgehead atoms. The first-order valence-corrected chi connectivity index (χ1v) is 7.59. The van der Waals surface area contributed by atoms with Crippen molar-refractivity contribution in [2.24, 2.45) is 10.9 Å². The molecule has 1 aromatic rings. The van der Waals surface area contributed by atoms with Gasteiger partial charge in [-0.1, -0.05) is 12.1 Å². The molecule has 2 rings (SSSR count). The van der Waals surface area contributed by atoms with Crippen molar-refractivity contribution < 1.29 is 14.3 Å². The number of benzene rings is 1. The van der Waals surface area contributed by atoms with Crippen LogP contribution in [0.5, 0.6) is 11.5 Å². The number of hydrogen-bond acceptors (Lipinski definition) is 4. The molecule has 1 aliphatic rings. The zero-order valence-electron chi connectivity index (χ0n) is 13.9. The molecule has 0 saturated carbocycles. The predicted molar refractivity (Wildman–Crippen MR) is 93.3 cm³/mol. The topological polar surface area (TPSA) is 63.2 Å². The molecule has 1 aliphatic heterocycles. The third kappa shape index (κ3) is 3.29. The van der Waals surface area contributed by atoms with Crippen LogP contribution in [-0.2, 0) is 4.79 Å². The van der Waals surface area contributed by atoms with Gasteiger partial charge in [0.2, 0.25) is 5.91 Å². The Hall–Kier alpha value is -2.15. The number of amides is 1. The summed E-state index contributed by atoms with van der Waals surface area (Å²) >= 11 is 5.21. The highest BCUT2D eigenvalue weighted by molar-refractivity contribution is 7.80. The molecule has 1 amide bonds. The Morgan fingerprint density at radius 1 is 1.30 bits per heavy atom. The van der Waals surface area contributed by atoms with Crippen molar-refractivity contribution in [1.82, 2.24) is 10.2 Å². The Morgan fingerprint density at radius 2 is 2.00 bits per heavy atom. The number of hydrogen-bond donors (Lipinski definition) is 1. The molecular weight excluding hydrogens is 314 g/mol. The number of carbonyl (C=O) groups is 1. The fourth-order valence-corrected chi connectivity index (χ4v) is 3.00. The molecule has 6 nitrogen and oxygen atoms in total. The average Bonchev–Trinajstić information content (AvgIpc) is 2.52. The van der Waals surface area contributed by atoms with E-state index in [1.54, 1.807) is 33.2 Å². The van der Waals surface area contributed by atoms with Gasteiger partial charge in [-0.15, -0.1) is 0 Å². The van der Waals surface area contributed by atoms with Gasteiger partial charge < -0.3 is 19.7 Å². The number of para-hydroxylation sites is 1. The summed E-state index contributed by atoms with van der Waals surface area (Å²) in [5.41, 5.74) is 1.49. The smallest absolute Gasteiger partial charge is 0.233 e. The highest BCUT2D eigenvalue weighted by atomic mass is 32.1. The van der Waals surface area contributed by atoms with Crippen molar-refractivity contribution in [2.75, 3.05) is 28.3 Å². The van der Waals surface area contributed by atoms with E-state index in [4.69, 9.17) is 21.7 Å². The Kier molecular flexibility index (Phi) is 5.20. The van der Waals surface area contributed by atoms with Gasteiger partial charge in [0, 0.05) is 25.4 Å². The van der Waals surface area contributed by atoms with E-state index >= 15 is 0 Å². The normalized spacial score (nSPS) is 20.4. The van der Waals surface area contributed by atoms with Crippen molar-refractivity contribution >= 4 is 28.9 Å². The third-order valence-corrected chi connectivity index (χ3v) is 4.02. The molecule has 0 fully saturated rings. The maximum Gasteiger partial charge on any atom is 0.233 e. The minimum Gasteiger partial charge on any atom is -0.493 e. The molecule has 0 saturated heterocycles. The van der Waals surface area contributed by atoms with Crippen molar-refractivity contribution in [3.05, 3.63) is 23.8 Å². The van der Waals surface area contributed by atoms with Crippen LogP contribution in [0.4, 0.5) is 0 Å². The molecule has 0 spiro atoms. The van der Waals surface area contributed by atoms with Gasteiger partial charge >= 0.3 is 0 Å². The van der Waals surface area contributed by atoms with Crippen LogP contribution in [0.3, 0.4) is 0 Å². The van der Waals surface area contributed by atoms with Crippen molar-refractivity contribution in [3.8, 4) is 11.5 Å². The number of thiocarbonyl (C=S) groups is 1. The maximum absolute atomic E-state index is 12.6. The molecular formula is C16H21N3O3S. The molecule has 2 unspecified atom stereocenters. The second-order valence-electron chi connectivity index (χ2n) is 5.47. The van der Waals surface area contributed by atoms with Crippen LogP contribution in [-0.4, -0.2) is 49.9 Å². The summed E-state index contributed by atoms with van der Waals surface area (Å²) < 4.78 is 10.9. The second kappa shape index (κ2) is 6.95. The monoisotopic (exact) mass is 335 g/mol. The molecule has 2 atom stereocenters. The number of nitrogens with one attached hydrogen (secondary N) is 1. The molecule has 1 heterocycles. The van der Waals surface area contributed by atoms with E-state index in [2.05, 4.69) is 10.3 Å².